The van der Waals surface area contributed by atoms with Gasteiger partial charge in [0, 0.05) is 18.2 Å². The van der Waals surface area contributed by atoms with Crippen LogP contribution in [0.1, 0.15) is 62.3 Å². The smallest absolute Gasteiger partial charge is 0.262 e. The summed E-state index contributed by atoms with van der Waals surface area (Å²) < 4.78 is 1.87. The number of fused-ring (bicyclic) bond motifs is 1. The summed E-state index contributed by atoms with van der Waals surface area (Å²) in [6, 6.07) is 21.2. The van der Waals surface area contributed by atoms with Crippen LogP contribution in [0.25, 0.3) is 17.0 Å². The molecule has 2 aromatic carbocycles. The topological polar surface area (TPSA) is 76.2 Å². The first-order valence-electron chi connectivity index (χ1n) is 13.8. The molecule has 0 spiro atoms. The summed E-state index contributed by atoms with van der Waals surface area (Å²) in [4.78, 5) is 15.8. The molecule has 1 amide bonds. The summed E-state index contributed by atoms with van der Waals surface area (Å²) >= 11 is 0. The van der Waals surface area contributed by atoms with Crippen LogP contribution in [0.4, 0.5) is 0 Å². The van der Waals surface area contributed by atoms with E-state index in [1.807, 2.05) is 15.6 Å². The first kappa shape index (κ1) is 25.3. The lowest BCUT2D eigenvalue weighted by Gasteiger charge is -2.46. The molecule has 194 valence electrons. The number of benzene rings is 2. The zero-order chi connectivity index (χ0) is 25.8. The van der Waals surface area contributed by atoms with E-state index in [0.717, 1.165) is 67.6 Å². The maximum absolute atomic E-state index is 13.8. The fraction of sp³-hybridized carbons (Fsp3) is 0.419. The number of aromatic nitrogens is 2. The number of rotatable bonds is 8. The molecule has 1 atom stereocenters. The molecule has 1 aliphatic carbocycles. The van der Waals surface area contributed by atoms with Crippen LogP contribution < -0.4 is 11.1 Å². The molecule has 1 unspecified atom stereocenters. The highest BCUT2D eigenvalue weighted by atomic mass is 16.2. The van der Waals surface area contributed by atoms with Crippen molar-refractivity contribution < 1.29 is 4.79 Å². The Bertz CT molecular complexity index is 1230. The summed E-state index contributed by atoms with van der Waals surface area (Å²) in [6.07, 6.45) is 8.36. The van der Waals surface area contributed by atoms with Gasteiger partial charge < -0.3 is 10.2 Å². The van der Waals surface area contributed by atoms with E-state index in [4.69, 9.17) is 10.8 Å². The van der Waals surface area contributed by atoms with Gasteiger partial charge in [-0.3, -0.25) is 15.2 Å². The fourth-order valence-corrected chi connectivity index (χ4v) is 5.69. The number of nitrogens with one attached hydrogen (secondary N) is 1. The van der Waals surface area contributed by atoms with Crippen molar-refractivity contribution in [3.63, 3.8) is 0 Å². The Kier molecular flexibility index (Phi) is 7.47. The molecule has 1 aliphatic heterocycles. The molecule has 2 aliphatic rings. The van der Waals surface area contributed by atoms with Gasteiger partial charge >= 0.3 is 0 Å². The SMILES string of the molecule is C=C1c2cc(-c3ccc(CC)cc3)nn2CC(N)(C(=O)NC2CCCCC2)N1CCCc1ccccc1. The lowest BCUT2D eigenvalue weighted by atomic mass is 9.94. The molecule has 1 saturated carbocycles. The van der Waals surface area contributed by atoms with Gasteiger partial charge in [-0.15, -0.1) is 0 Å². The highest BCUT2D eigenvalue weighted by Gasteiger charge is 2.46. The zero-order valence-corrected chi connectivity index (χ0v) is 22.0. The molecule has 3 N–H and O–H groups in total. The Morgan fingerprint density at radius 3 is 2.51 bits per heavy atom. The van der Waals surface area contributed by atoms with Crippen molar-refractivity contribution in [2.24, 2.45) is 5.73 Å². The summed E-state index contributed by atoms with van der Waals surface area (Å²) in [7, 11) is 0. The molecular formula is C31H39N5O. The van der Waals surface area contributed by atoms with Crippen LogP contribution in [0.2, 0.25) is 0 Å². The fourth-order valence-electron chi connectivity index (χ4n) is 5.69. The predicted octanol–water partition coefficient (Wildman–Crippen LogP) is 5.14. The van der Waals surface area contributed by atoms with Crippen LogP contribution in [-0.4, -0.2) is 38.8 Å². The molecule has 3 aromatic rings. The largest absolute Gasteiger partial charge is 0.350 e. The van der Waals surface area contributed by atoms with Crippen molar-refractivity contribution in [2.75, 3.05) is 6.54 Å². The summed E-state index contributed by atoms with van der Waals surface area (Å²) in [6.45, 7) is 7.52. The normalized spacial score (nSPS) is 20.1. The number of nitrogens with two attached hydrogens (primary N) is 1. The lowest BCUT2D eigenvalue weighted by Crippen LogP contribution is -2.69. The van der Waals surface area contributed by atoms with Crippen molar-refractivity contribution in [1.29, 1.82) is 0 Å². The van der Waals surface area contributed by atoms with Crippen molar-refractivity contribution >= 4 is 11.6 Å². The average molecular weight is 498 g/mol. The van der Waals surface area contributed by atoms with Gasteiger partial charge in [-0.05, 0) is 49.3 Å². The Labute approximate surface area is 220 Å². The lowest BCUT2D eigenvalue weighted by molar-refractivity contribution is -0.134. The summed E-state index contributed by atoms with van der Waals surface area (Å²) in [5.74, 6) is -0.129. The van der Waals surface area contributed by atoms with Crippen LogP contribution >= 0.6 is 0 Å². The van der Waals surface area contributed by atoms with Crippen LogP contribution in [-0.2, 0) is 24.2 Å². The molecule has 0 bridgehead atoms. The molecule has 37 heavy (non-hydrogen) atoms. The highest BCUT2D eigenvalue weighted by Crippen LogP contribution is 2.34. The minimum absolute atomic E-state index is 0.129. The third-order valence-electron chi connectivity index (χ3n) is 7.96. The van der Waals surface area contributed by atoms with E-state index in [1.54, 1.807) is 0 Å². The Hall–Kier alpha value is -3.38. The van der Waals surface area contributed by atoms with E-state index in [1.165, 1.54) is 17.5 Å². The number of amides is 1. The molecular weight excluding hydrogens is 458 g/mol. The van der Waals surface area contributed by atoms with Crippen LogP contribution in [0.3, 0.4) is 0 Å². The van der Waals surface area contributed by atoms with Crippen LogP contribution in [0.15, 0.2) is 67.2 Å². The minimum Gasteiger partial charge on any atom is -0.350 e. The van der Waals surface area contributed by atoms with Gasteiger partial charge in [0.25, 0.3) is 5.91 Å². The number of hydrogen-bond acceptors (Lipinski definition) is 4. The second-order valence-electron chi connectivity index (χ2n) is 10.5. The quantitative estimate of drug-likeness (QED) is 0.452. The number of carbonyl (C=O) groups is 1. The van der Waals surface area contributed by atoms with Crippen molar-refractivity contribution in [2.45, 2.75) is 76.5 Å². The average Bonchev–Trinajstić information content (AvgIpc) is 3.35. The van der Waals surface area contributed by atoms with Gasteiger partial charge in [0.2, 0.25) is 0 Å². The van der Waals surface area contributed by atoms with E-state index in [-0.39, 0.29) is 18.5 Å². The molecule has 2 heterocycles. The molecule has 1 fully saturated rings. The standard InChI is InChI=1S/C31H39N5O/c1-3-24-16-18-26(19-17-24)28-21-29-23(2)35(20-10-13-25-11-6-4-7-12-25)31(32,22-36(29)34-28)30(37)33-27-14-8-5-9-15-27/h4,6-7,11-12,16-19,21,27H,2-3,5,8-10,13-15,20,22,32H2,1H3,(H,33,37). The molecule has 6 nitrogen and oxygen atoms in total. The van der Waals surface area contributed by atoms with Gasteiger partial charge in [-0.2, -0.15) is 5.10 Å². The zero-order valence-electron chi connectivity index (χ0n) is 22.0. The number of nitrogens with zero attached hydrogens (tertiary/aromatic N) is 3. The minimum atomic E-state index is -1.24. The van der Waals surface area contributed by atoms with Gasteiger partial charge in [0.05, 0.1) is 23.6 Å². The van der Waals surface area contributed by atoms with Crippen molar-refractivity contribution in [1.82, 2.24) is 20.0 Å². The van der Waals surface area contributed by atoms with Gasteiger partial charge in [-0.25, -0.2) is 0 Å². The van der Waals surface area contributed by atoms with Gasteiger partial charge in [0.1, 0.15) is 0 Å². The molecule has 6 heteroatoms. The predicted molar refractivity (Wildman–Crippen MR) is 149 cm³/mol. The van der Waals surface area contributed by atoms with Crippen LogP contribution in [0, 0.1) is 0 Å². The van der Waals surface area contributed by atoms with E-state index in [9.17, 15) is 4.79 Å². The van der Waals surface area contributed by atoms with Crippen molar-refractivity contribution in [3.05, 3.63) is 84.1 Å². The summed E-state index contributed by atoms with van der Waals surface area (Å²) in [5, 5.41) is 8.16. The maximum atomic E-state index is 13.8. The van der Waals surface area contributed by atoms with Gasteiger partial charge in [0.15, 0.2) is 5.66 Å². The van der Waals surface area contributed by atoms with E-state index in [0.29, 0.717) is 6.54 Å². The number of aryl methyl sites for hydroxylation is 2. The Balaban J connectivity index is 1.42. The highest BCUT2D eigenvalue weighted by molar-refractivity contribution is 5.88. The van der Waals surface area contributed by atoms with Crippen molar-refractivity contribution in [3.8, 4) is 11.3 Å². The molecule has 0 saturated heterocycles. The van der Waals surface area contributed by atoms with E-state index in [2.05, 4.69) is 73.4 Å². The first-order chi connectivity index (χ1) is 18.0. The molecule has 0 radical (unpaired) electrons. The summed E-state index contributed by atoms with van der Waals surface area (Å²) in [5.41, 5.74) is 12.0. The Morgan fingerprint density at radius 1 is 1.08 bits per heavy atom. The first-order valence-corrected chi connectivity index (χ1v) is 13.8. The second kappa shape index (κ2) is 10.9. The maximum Gasteiger partial charge on any atom is 0.262 e. The third kappa shape index (κ3) is 5.35. The second-order valence-corrected chi connectivity index (χ2v) is 10.5. The van der Waals surface area contributed by atoms with E-state index < -0.39 is 5.66 Å². The van der Waals surface area contributed by atoms with Gasteiger partial charge in [-0.1, -0.05) is 87.4 Å². The number of hydrogen-bond donors (Lipinski definition) is 2. The molecule has 5 rings (SSSR count). The monoisotopic (exact) mass is 497 g/mol. The Morgan fingerprint density at radius 2 is 1.81 bits per heavy atom. The van der Waals surface area contributed by atoms with E-state index >= 15 is 0 Å². The molecule has 1 aromatic heterocycles. The third-order valence-corrected chi connectivity index (χ3v) is 7.96. The van der Waals surface area contributed by atoms with Crippen LogP contribution in [0.5, 0.6) is 0 Å². The number of carbonyl (C=O) groups excluding carboxylic acids is 1.